The molecule has 0 heterocycles. The van der Waals surface area contributed by atoms with Gasteiger partial charge in [-0.15, -0.1) is 0 Å². The minimum absolute atomic E-state index is 0.163. The molecule has 0 aliphatic heterocycles. The van der Waals surface area contributed by atoms with Gasteiger partial charge in [0.2, 0.25) is 0 Å². The number of phosphoric acid groups is 1. The molecule has 0 amide bonds. The summed E-state index contributed by atoms with van der Waals surface area (Å²) >= 11 is 0. The van der Waals surface area contributed by atoms with E-state index in [-0.39, 0.29) is 19.4 Å². The Balaban J connectivity index is 4.28. The molecule has 0 aliphatic carbocycles. The molecule has 0 aromatic heterocycles. The Labute approximate surface area is 353 Å². The topological polar surface area (TPSA) is 172 Å². The number of hydrogen-bond donors (Lipinski definition) is 3. The van der Waals surface area contributed by atoms with E-state index in [0.29, 0.717) is 12.8 Å². The van der Waals surface area contributed by atoms with E-state index in [9.17, 15) is 23.8 Å². The second kappa shape index (κ2) is 41.7. The van der Waals surface area contributed by atoms with Crippen molar-refractivity contribution in [1.29, 1.82) is 0 Å². The largest absolute Gasteiger partial charge is 0.480 e. The van der Waals surface area contributed by atoms with Gasteiger partial charge < -0.3 is 25.2 Å². The number of carbonyl (C=O) groups is 3. The van der Waals surface area contributed by atoms with Crippen molar-refractivity contribution in [3.05, 3.63) is 24.3 Å². The van der Waals surface area contributed by atoms with Gasteiger partial charge >= 0.3 is 25.7 Å². The normalized spacial score (nSPS) is 13.9. The van der Waals surface area contributed by atoms with Gasteiger partial charge in [0.05, 0.1) is 13.2 Å². The highest BCUT2D eigenvalue weighted by atomic mass is 31.2. The predicted octanol–water partition coefficient (Wildman–Crippen LogP) is 12.6. The SMILES string of the molecule is CCCC/C=C/C/C=C/CCCCCCCC(=O)OC[C@H](COP(=O)(O)OC[C@H](N)C(=O)O)OC(=O)CCCCCCCCCCCCCCCCCCCCCC. The quantitative estimate of drug-likeness (QED) is 0.0231. The van der Waals surface area contributed by atoms with Gasteiger partial charge in [0.25, 0.3) is 0 Å². The molecule has 340 valence electrons. The lowest BCUT2D eigenvalue weighted by molar-refractivity contribution is -0.161. The molecule has 3 atom stereocenters. The van der Waals surface area contributed by atoms with Gasteiger partial charge in [-0.3, -0.25) is 23.4 Å². The fourth-order valence-corrected chi connectivity index (χ4v) is 7.27. The Morgan fingerprint density at radius 1 is 0.534 bits per heavy atom. The zero-order chi connectivity index (χ0) is 42.8. The van der Waals surface area contributed by atoms with Gasteiger partial charge in [-0.1, -0.05) is 192 Å². The summed E-state index contributed by atoms with van der Waals surface area (Å²) in [5.74, 6) is -2.38. The van der Waals surface area contributed by atoms with Crippen molar-refractivity contribution in [2.45, 2.75) is 231 Å². The van der Waals surface area contributed by atoms with Crippen molar-refractivity contribution >= 4 is 25.7 Å². The average Bonchev–Trinajstić information content (AvgIpc) is 3.20. The smallest absolute Gasteiger partial charge is 0.472 e. The third-order valence-corrected chi connectivity index (χ3v) is 11.2. The van der Waals surface area contributed by atoms with Crippen molar-refractivity contribution in [3.8, 4) is 0 Å². The third-order valence-electron chi connectivity index (χ3n) is 10.2. The highest BCUT2D eigenvalue weighted by Gasteiger charge is 2.28. The number of esters is 2. The third kappa shape index (κ3) is 40.7. The number of allylic oxidation sites excluding steroid dienone is 4. The average molecular weight is 844 g/mol. The van der Waals surface area contributed by atoms with Gasteiger partial charge in [-0.05, 0) is 38.5 Å². The molecule has 0 fully saturated rings. The number of rotatable bonds is 44. The first-order valence-corrected chi connectivity index (χ1v) is 24.9. The summed E-state index contributed by atoms with van der Waals surface area (Å²) in [5, 5.41) is 8.90. The van der Waals surface area contributed by atoms with Crippen LogP contribution in [0.3, 0.4) is 0 Å². The first-order chi connectivity index (χ1) is 28.1. The fraction of sp³-hybridized carbons (Fsp3) is 0.848. The van der Waals surface area contributed by atoms with Crippen molar-refractivity contribution < 1.29 is 47.5 Å². The van der Waals surface area contributed by atoms with Gasteiger partial charge in [0.15, 0.2) is 6.10 Å². The van der Waals surface area contributed by atoms with Crippen molar-refractivity contribution in [3.63, 3.8) is 0 Å². The van der Waals surface area contributed by atoms with E-state index < -0.39 is 51.1 Å². The monoisotopic (exact) mass is 844 g/mol. The fourth-order valence-electron chi connectivity index (χ4n) is 6.49. The molecule has 0 aromatic rings. The van der Waals surface area contributed by atoms with E-state index in [1.165, 1.54) is 116 Å². The van der Waals surface area contributed by atoms with Gasteiger partial charge in [0.1, 0.15) is 12.6 Å². The van der Waals surface area contributed by atoms with Gasteiger partial charge in [-0.25, -0.2) is 4.57 Å². The number of nitrogens with two attached hydrogens (primary N) is 1. The van der Waals surface area contributed by atoms with E-state index in [1.807, 2.05) is 0 Å². The van der Waals surface area contributed by atoms with Crippen LogP contribution in [0.1, 0.15) is 219 Å². The van der Waals surface area contributed by atoms with Crippen LogP contribution in [0.5, 0.6) is 0 Å². The number of unbranched alkanes of at least 4 members (excludes halogenated alkanes) is 26. The summed E-state index contributed by atoms with van der Waals surface area (Å²) in [6, 6.07) is -1.52. The lowest BCUT2D eigenvalue weighted by atomic mass is 10.0. The number of hydrogen-bond acceptors (Lipinski definition) is 9. The van der Waals surface area contributed by atoms with Crippen LogP contribution >= 0.6 is 7.82 Å². The highest BCUT2D eigenvalue weighted by molar-refractivity contribution is 7.47. The van der Waals surface area contributed by atoms with Crippen LogP contribution in [0.25, 0.3) is 0 Å². The van der Waals surface area contributed by atoms with E-state index >= 15 is 0 Å². The van der Waals surface area contributed by atoms with Crippen LogP contribution in [0.4, 0.5) is 0 Å². The highest BCUT2D eigenvalue weighted by Crippen LogP contribution is 2.43. The molecule has 4 N–H and O–H groups in total. The Morgan fingerprint density at radius 3 is 1.40 bits per heavy atom. The Morgan fingerprint density at radius 2 is 0.931 bits per heavy atom. The molecule has 0 aliphatic rings. The standard InChI is InChI=1S/C46H86NO10P/c1-3-5-7-9-11-13-15-17-19-20-21-22-23-24-26-28-30-32-34-36-38-45(49)57-42(40-55-58(52,53)56-41-43(47)46(50)51)39-54-44(48)37-35-33-31-29-27-25-18-16-14-12-10-8-6-4-2/h10,12,16,18,42-43H,3-9,11,13-15,17,19-41,47H2,1-2H3,(H,50,51)(H,52,53)/b12-10+,18-16+/t42-,43+/m1/s1. The van der Waals surface area contributed by atoms with Crippen molar-refractivity contribution in [2.75, 3.05) is 19.8 Å². The maximum atomic E-state index is 12.7. The molecule has 0 spiro atoms. The molecule has 12 heteroatoms. The molecular weight excluding hydrogens is 757 g/mol. The molecule has 0 radical (unpaired) electrons. The molecular formula is C46H86NO10P. The number of carboxylic acid groups (broad SMARTS) is 1. The summed E-state index contributed by atoms with van der Waals surface area (Å²) in [4.78, 5) is 46.0. The molecule has 0 saturated heterocycles. The maximum Gasteiger partial charge on any atom is 0.472 e. The minimum Gasteiger partial charge on any atom is -0.480 e. The van der Waals surface area contributed by atoms with Crippen LogP contribution in [0, 0.1) is 0 Å². The maximum absolute atomic E-state index is 12.7. The lowest BCUT2D eigenvalue weighted by Crippen LogP contribution is -2.34. The van der Waals surface area contributed by atoms with Crippen LogP contribution < -0.4 is 5.73 Å². The Bertz CT molecular complexity index is 1080. The second-order valence-corrected chi connectivity index (χ2v) is 17.3. The van der Waals surface area contributed by atoms with Gasteiger partial charge in [-0.2, -0.15) is 0 Å². The summed E-state index contributed by atoms with van der Waals surface area (Å²) < 4.78 is 32.7. The van der Waals surface area contributed by atoms with Crippen LogP contribution in [0.2, 0.25) is 0 Å². The summed E-state index contributed by atoms with van der Waals surface area (Å²) in [6.07, 6.45) is 43.8. The molecule has 0 bridgehead atoms. The first kappa shape index (κ1) is 56.0. The van der Waals surface area contributed by atoms with E-state index in [2.05, 4.69) is 42.7 Å². The molecule has 0 rings (SSSR count). The van der Waals surface area contributed by atoms with Crippen molar-refractivity contribution in [1.82, 2.24) is 0 Å². The molecule has 58 heavy (non-hydrogen) atoms. The zero-order valence-corrected chi connectivity index (χ0v) is 37.8. The molecule has 0 saturated carbocycles. The molecule has 0 aromatic carbocycles. The van der Waals surface area contributed by atoms with Crippen molar-refractivity contribution in [2.24, 2.45) is 5.73 Å². The molecule has 1 unspecified atom stereocenters. The first-order valence-electron chi connectivity index (χ1n) is 23.4. The lowest BCUT2D eigenvalue weighted by Gasteiger charge is -2.20. The number of aliphatic carboxylic acids is 1. The number of ether oxygens (including phenoxy) is 2. The summed E-state index contributed by atoms with van der Waals surface area (Å²) in [7, 11) is -4.72. The van der Waals surface area contributed by atoms with E-state index in [0.717, 1.165) is 64.2 Å². The minimum atomic E-state index is -4.72. The summed E-state index contributed by atoms with van der Waals surface area (Å²) in [5.41, 5.74) is 5.34. The summed E-state index contributed by atoms with van der Waals surface area (Å²) in [6.45, 7) is 2.78. The van der Waals surface area contributed by atoms with E-state index in [1.54, 1.807) is 0 Å². The van der Waals surface area contributed by atoms with Gasteiger partial charge in [0, 0.05) is 12.8 Å². The Kier molecular flexibility index (Phi) is 40.2. The predicted molar refractivity (Wildman–Crippen MR) is 236 cm³/mol. The molecule has 11 nitrogen and oxygen atoms in total. The number of carboxylic acids is 1. The van der Waals surface area contributed by atoms with Crippen LogP contribution in [-0.2, 0) is 37.5 Å². The zero-order valence-electron chi connectivity index (χ0n) is 36.9. The number of phosphoric ester groups is 1. The second-order valence-electron chi connectivity index (χ2n) is 15.9. The van der Waals surface area contributed by atoms with Crippen LogP contribution in [0.15, 0.2) is 24.3 Å². The van der Waals surface area contributed by atoms with Crippen LogP contribution in [-0.4, -0.2) is 59.9 Å². The van der Waals surface area contributed by atoms with E-state index in [4.69, 9.17) is 24.8 Å². The number of carbonyl (C=O) groups excluding carboxylic acids is 2. The Hall–Kier alpha value is -2.04.